The van der Waals surface area contributed by atoms with Gasteiger partial charge in [-0.2, -0.15) is 0 Å². The normalized spacial score (nSPS) is 17.8. The summed E-state index contributed by atoms with van der Waals surface area (Å²) in [6.07, 6.45) is 1.41. The van der Waals surface area contributed by atoms with Crippen LogP contribution in [-0.4, -0.2) is 76.1 Å². The molecule has 2 amide bonds. The summed E-state index contributed by atoms with van der Waals surface area (Å²) in [6.45, 7) is 2.25. The van der Waals surface area contributed by atoms with E-state index >= 15 is 0 Å². The molecule has 0 aliphatic carbocycles. The quantitative estimate of drug-likeness (QED) is 0.810. The highest BCUT2D eigenvalue weighted by Gasteiger charge is 2.28. The molecule has 1 aromatic rings. The molecule has 8 nitrogen and oxygen atoms in total. The second-order valence-electron chi connectivity index (χ2n) is 5.54. The van der Waals surface area contributed by atoms with E-state index in [0.717, 1.165) is 0 Å². The number of carboxylic acids is 1. The molecule has 1 fully saturated rings. The summed E-state index contributed by atoms with van der Waals surface area (Å²) in [5.41, 5.74) is 0.583. The van der Waals surface area contributed by atoms with Gasteiger partial charge < -0.3 is 24.2 Å². The SMILES string of the molecule is CC(=O)N(CC(=O)O)CC1CN(C(=O)c2cccn2C)CCO1. The third-order valence-electron chi connectivity index (χ3n) is 3.78. The topological polar surface area (TPSA) is 92.1 Å². The fourth-order valence-corrected chi connectivity index (χ4v) is 2.57. The fraction of sp³-hybridized carbons (Fsp3) is 0.533. The molecule has 0 aromatic carbocycles. The van der Waals surface area contributed by atoms with Gasteiger partial charge in [0.2, 0.25) is 5.91 Å². The first-order valence-electron chi connectivity index (χ1n) is 7.38. The number of aromatic nitrogens is 1. The number of aryl methyl sites for hydroxylation is 1. The largest absolute Gasteiger partial charge is 0.480 e. The third kappa shape index (κ3) is 4.32. The molecule has 8 heteroatoms. The lowest BCUT2D eigenvalue weighted by Gasteiger charge is -2.35. The summed E-state index contributed by atoms with van der Waals surface area (Å²) in [6, 6.07) is 3.55. The van der Waals surface area contributed by atoms with Crippen LogP contribution in [0.4, 0.5) is 0 Å². The number of rotatable bonds is 5. The Hall–Kier alpha value is -2.35. The van der Waals surface area contributed by atoms with Crippen LogP contribution in [-0.2, 0) is 21.4 Å². The van der Waals surface area contributed by atoms with Crippen LogP contribution in [0.25, 0.3) is 0 Å². The van der Waals surface area contributed by atoms with Crippen molar-refractivity contribution in [1.29, 1.82) is 0 Å². The van der Waals surface area contributed by atoms with Gasteiger partial charge in [0.05, 0.1) is 12.7 Å². The molecule has 2 heterocycles. The molecule has 1 aromatic heterocycles. The minimum Gasteiger partial charge on any atom is -0.480 e. The smallest absolute Gasteiger partial charge is 0.323 e. The lowest BCUT2D eigenvalue weighted by Crippen LogP contribution is -2.51. The number of aliphatic carboxylic acids is 1. The van der Waals surface area contributed by atoms with Gasteiger partial charge in [-0.05, 0) is 12.1 Å². The highest BCUT2D eigenvalue weighted by Crippen LogP contribution is 2.12. The highest BCUT2D eigenvalue weighted by molar-refractivity contribution is 5.92. The van der Waals surface area contributed by atoms with Gasteiger partial charge >= 0.3 is 5.97 Å². The Morgan fingerprint density at radius 2 is 2.17 bits per heavy atom. The van der Waals surface area contributed by atoms with Crippen LogP contribution in [0.3, 0.4) is 0 Å². The molecule has 2 rings (SSSR count). The number of ether oxygens (including phenoxy) is 1. The third-order valence-corrected chi connectivity index (χ3v) is 3.78. The van der Waals surface area contributed by atoms with Crippen LogP contribution in [0.15, 0.2) is 18.3 Å². The van der Waals surface area contributed by atoms with E-state index in [1.165, 1.54) is 11.8 Å². The zero-order chi connectivity index (χ0) is 17.0. The maximum absolute atomic E-state index is 12.5. The van der Waals surface area contributed by atoms with Crippen molar-refractivity contribution in [2.45, 2.75) is 13.0 Å². The first-order chi connectivity index (χ1) is 10.9. The maximum atomic E-state index is 12.5. The molecule has 1 aliphatic heterocycles. The van der Waals surface area contributed by atoms with E-state index in [1.807, 2.05) is 0 Å². The highest BCUT2D eigenvalue weighted by atomic mass is 16.5. The van der Waals surface area contributed by atoms with Crippen LogP contribution in [0.1, 0.15) is 17.4 Å². The minimum atomic E-state index is -1.08. The summed E-state index contributed by atoms with van der Waals surface area (Å²) >= 11 is 0. The number of carbonyl (C=O) groups excluding carboxylic acids is 2. The lowest BCUT2D eigenvalue weighted by atomic mass is 10.2. The summed E-state index contributed by atoms with van der Waals surface area (Å²) in [4.78, 5) is 37.7. The molecule has 1 atom stereocenters. The van der Waals surface area contributed by atoms with E-state index in [9.17, 15) is 14.4 Å². The Labute approximate surface area is 134 Å². The Kier molecular flexibility index (Phi) is 5.38. The lowest BCUT2D eigenvalue weighted by molar-refractivity contribution is -0.145. The average Bonchev–Trinajstić information content (AvgIpc) is 2.91. The Balaban J connectivity index is 2.00. The van der Waals surface area contributed by atoms with E-state index < -0.39 is 12.1 Å². The number of morpholine rings is 1. The van der Waals surface area contributed by atoms with Crippen LogP contribution < -0.4 is 0 Å². The monoisotopic (exact) mass is 323 g/mol. The van der Waals surface area contributed by atoms with Crippen molar-refractivity contribution in [3.63, 3.8) is 0 Å². The summed E-state index contributed by atoms with van der Waals surface area (Å²) in [5.74, 6) is -1.51. The van der Waals surface area contributed by atoms with E-state index in [2.05, 4.69) is 0 Å². The number of amides is 2. The van der Waals surface area contributed by atoms with Crippen molar-refractivity contribution >= 4 is 17.8 Å². The molecule has 0 bridgehead atoms. The molecular weight excluding hydrogens is 302 g/mol. The summed E-state index contributed by atoms with van der Waals surface area (Å²) < 4.78 is 7.33. The van der Waals surface area contributed by atoms with E-state index in [-0.39, 0.29) is 24.9 Å². The van der Waals surface area contributed by atoms with E-state index in [1.54, 1.807) is 34.8 Å². The average molecular weight is 323 g/mol. The molecular formula is C15H21N3O5. The summed E-state index contributed by atoms with van der Waals surface area (Å²) in [7, 11) is 1.80. The Bertz CT molecular complexity index is 598. The number of hydrogen-bond donors (Lipinski definition) is 1. The van der Waals surface area contributed by atoms with Gasteiger partial charge in [0.15, 0.2) is 0 Å². The van der Waals surface area contributed by atoms with Gasteiger partial charge in [-0.1, -0.05) is 0 Å². The molecule has 0 radical (unpaired) electrons. The van der Waals surface area contributed by atoms with Crippen molar-refractivity contribution in [2.75, 3.05) is 32.8 Å². The van der Waals surface area contributed by atoms with Gasteiger partial charge in [-0.3, -0.25) is 14.4 Å². The Morgan fingerprint density at radius 1 is 1.43 bits per heavy atom. The Morgan fingerprint density at radius 3 is 2.74 bits per heavy atom. The molecule has 0 saturated carbocycles. The standard InChI is InChI=1S/C15H21N3O5/c1-11(19)18(10-14(20)21)9-12-8-17(6-7-23-12)15(22)13-4-3-5-16(13)2/h3-5,12H,6-10H2,1-2H3,(H,20,21). The first-order valence-corrected chi connectivity index (χ1v) is 7.38. The van der Waals surface area contributed by atoms with Crippen molar-refractivity contribution in [3.05, 3.63) is 24.0 Å². The first kappa shape index (κ1) is 17.0. The molecule has 1 saturated heterocycles. The number of hydrogen-bond acceptors (Lipinski definition) is 4. The van der Waals surface area contributed by atoms with Crippen molar-refractivity contribution in [1.82, 2.24) is 14.4 Å². The predicted octanol–water partition coefficient (Wildman–Crippen LogP) is -0.201. The second-order valence-corrected chi connectivity index (χ2v) is 5.54. The van der Waals surface area contributed by atoms with Gasteiger partial charge in [-0.15, -0.1) is 0 Å². The van der Waals surface area contributed by atoms with Crippen molar-refractivity contribution in [3.8, 4) is 0 Å². The van der Waals surface area contributed by atoms with Gasteiger partial charge in [0.25, 0.3) is 5.91 Å². The molecule has 1 unspecified atom stereocenters. The van der Waals surface area contributed by atoms with Crippen molar-refractivity contribution < 1.29 is 24.2 Å². The fourth-order valence-electron chi connectivity index (χ4n) is 2.57. The van der Waals surface area contributed by atoms with Crippen LogP contribution >= 0.6 is 0 Å². The van der Waals surface area contributed by atoms with Gasteiger partial charge in [0.1, 0.15) is 12.2 Å². The van der Waals surface area contributed by atoms with Crippen LogP contribution in [0.5, 0.6) is 0 Å². The van der Waals surface area contributed by atoms with E-state index in [4.69, 9.17) is 9.84 Å². The number of carbonyl (C=O) groups is 3. The zero-order valence-electron chi connectivity index (χ0n) is 13.3. The van der Waals surface area contributed by atoms with Crippen LogP contribution in [0.2, 0.25) is 0 Å². The van der Waals surface area contributed by atoms with Gasteiger partial charge in [-0.25, -0.2) is 0 Å². The molecule has 126 valence electrons. The van der Waals surface area contributed by atoms with Gasteiger partial charge in [0, 0.05) is 39.8 Å². The predicted molar refractivity (Wildman–Crippen MR) is 80.9 cm³/mol. The number of carboxylic acid groups (broad SMARTS) is 1. The number of nitrogens with zero attached hydrogens (tertiary/aromatic N) is 3. The molecule has 1 N–H and O–H groups in total. The van der Waals surface area contributed by atoms with Crippen molar-refractivity contribution in [2.24, 2.45) is 7.05 Å². The minimum absolute atomic E-state index is 0.0987. The maximum Gasteiger partial charge on any atom is 0.323 e. The molecule has 0 spiro atoms. The zero-order valence-corrected chi connectivity index (χ0v) is 13.3. The van der Waals surface area contributed by atoms with E-state index in [0.29, 0.717) is 25.4 Å². The summed E-state index contributed by atoms with van der Waals surface area (Å²) in [5, 5.41) is 8.86. The molecule has 1 aliphatic rings. The second kappa shape index (κ2) is 7.28. The van der Waals surface area contributed by atoms with Crippen LogP contribution in [0, 0.1) is 0 Å². The molecule has 23 heavy (non-hydrogen) atoms.